The molecule has 21 heavy (non-hydrogen) atoms. The molecule has 2 atom stereocenters. The van der Waals surface area contributed by atoms with Gasteiger partial charge in [-0.15, -0.1) is 11.8 Å². The average molecular weight is 322 g/mol. The van der Waals surface area contributed by atoms with Gasteiger partial charge in [0.15, 0.2) is 0 Å². The monoisotopic (exact) mass is 321 g/mol. The maximum atomic E-state index is 12.5. The van der Waals surface area contributed by atoms with Gasteiger partial charge in [0, 0.05) is 34.4 Å². The molecule has 1 aromatic carbocycles. The molecule has 2 bridgehead atoms. The average Bonchev–Trinajstić information content (AvgIpc) is 2.78. The fourth-order valence-corrected chi connectivity index (χ4v) is 5.32. The number of benzene rings is 1. The van der Waals surface area contributed by atoms with Gasteiger partial charge in [-0.05, 0) is 44.1 Å². The second-order valence-corrected chi connectivity index (χ2v) is 8.23. The number of rotatable bonds is 5. The van der Waals surface area contributed by atoms with Crippen LogP contribution in [0.4, 0.5) is 0 Å². The summed E-state index contributed by atoms with van der Waals surface area (Å²) in [5, 5.41) is 0.769. The lowest BCUT2D eigenvalue weighted by Gasteiger charge is -2.38. The summed E-state index contributed by atoms with van der Waals surface area (Å²) in [6, 6.07) is 11.4. The van der Waals surface area contributed by atoms with Gasteiger partial charge in [-0.25, -0.2) is 0 Å². The highest BCUT2D eigenvalue weighted by molar-refractivity contribution is 7.99. The SMILES string of the molecule is CSC1CC2CCC(C1)N2C(=O)CCSc1ccccc1. The van der Waals surface area contributed by atoms with Gasteiger partial charge < -0.3 is 4.90 Å². The molecular weight excluding hydrogens is 298 g/mol. The zero-order chi connectivity index (χ0) is 14.7. The first kappa shape index (κ1) is 15.3. The molecule has 0 aliphatic carbocycles. The Morgan fingerprint density at radius 2 is 1.86 bits per heavy atom. The smallest absolute Gasteiger partial charge is 0.223 e. The Hall–Kier alpha value is -0.610. The topological polar surface area (TPSA) is 20.3 Å². The third kappa shape index (κ3) is 3.59. The molecule has 2 heterocycles. The molecule has 0 radical (unpaired) electrons. The third-order valence-corrected chi connectivity index (χ3v) is 6.70. The van der Waals surface area contributed by atoms with Crippen molar-refractivity contribution in [1.29, 1.82) is 0 Å². The van der Waals surface area contributed by atoms with Gasteiger partial charge in [-0.1, -0.05) is 18.2 Å². The van der Waals surface area contributed by atoms with E-state index in [0.717, 1.165) is 11.0 Å². The molecule has 2 unspecified atom stereocenters. The van der Waals surface area contributed by atoms with Crippen molar-refractivity contribution in [3.8, 4) is 0 Å². The lowest BCUT2D eigenvalue weighted by molar-refractivity contribution is -0.134. The standard InChI is InChI=1S/C17H23NOS2/c1-20-16-11-13-7-8-14(12-16)18(13)17(19)9-10-21-15-5-3-2-4-6-15/h2-6,13-14,16H,7-12H2,1H3. The fraction of sp³-hybridized carbons (Fsp3) is 0.588. The summed E-state index contributed by atoms with van der Waals surface area (Å²) >= 11 is 3.77. The minimum Gasteiger partial charge on any atom is -0.337 e. The first-order chi connectivity index (χ1) is 10.3. The van der Waals surface area contributed by atoms with E-state index in [0.29, 0.717) is 24.4 Å². The maximum absolute atomic E-state index is 12.5. The van der Waals surface area contributed by atoms with Gasteiger partial charge in [0.2, 0.25) is 5.91 Å². The number of piperidine rings is 1. The summed E-state index contributed by atoms with van der Waals surface area (Å²) in [6.07, 6.45) is 7.73. The second-order valence-electron chi connectivity index (χ2n) is 5.93. The quantitative estimate of drug-likeness (QED) is 0.763. The molecule has 2 aliphatic heterocycles. The zero-order valence-corrected chi connectivity index (χ0v) is 14.2. The minimum atomic E-state index is 0.380. The summed E-state index contributed by atoms with van der Waals surface area (Å²) in [5.41, 5.74) is 0. The van der Waals surface area contributed by atoms with Crippen LogP contribution in [0.15, 0.2) is 35.2 Å². The van der Waals surface area contributed by atoms with Crippen LogP contribution in [0.2, 0.25) is 0 Å². The number of hydrogen-bond acceptors (Lipinski definition) is 3. The van der Waals surface area contributed by atoms with E-state index < -0.39 is 0 Å². The van der Waals surface area contributed by atoms with Crippen LogP contribution in [0.1, 0.15) is 32.1 Å². The van der Waals surface area contributed by atoms with Crippen molar-refractivity contribution >= 4 is 29.4 Å². The Morgan fingerprint density at radius 3 is 2.48 bits per heavy atom. The lowest BCUT2D eigenvalue weighted by atomic mass is 10.0. The van der Waals surface area contributed by atoms with Crippen LogP contribution < -0.4 is 0 Å². The molecule has 0 saturated carbocycles. The maximum Gasteiger partial charge on any atom is 0.223 e. The van der Waals surface area contributed by atoms with Crippen LogP contribution in [-0.4, -0.2) is 40.1 Å². The van der Waals surface area contributed by atoms with E-state index in [4.69, 9.17) is 0 Å². The van der Waals surface area contributed by atoms with E-state index in [1.54, 1.807) is 11.8 Å². The molecule has 4 heteroatoms. The molecule has 2 aliphatic rings. The van der Waals surface area contributed by atoms with Crippen LogP contribution in [0.5, 0.6) is 0 Å². The Balaban J connectivity index is 1.50. The molecule has 2 nitrogen and oxygen atoms in total. The molecule has 2 saturated heterocycles. The van der Waals surface area contributed by atoms with Gasteiger partial charge >= 0.3 is 0 Å². The number of carbonyl (C=O) groups excluding carboxylic acids is 1. The third-order valence-electron chi connectivity index (χ3n) is 4.64. The Kier molecular flexibility index (Phi) is 5.17. The molecule has 0 N–H and O–H groups in total. The largest absolute Gasteiger partial charge is 0.337 e. The predicted molar refractivity (Wildman–Crippen MR) is 92.0 cm³/mol. The lowest BCUT2D eigenvalue weighted by Crippen LogP contribution is -2.47. The first-order valence-corrected chi connectivity index (χ1v) is 10.1. The number of thioether (sulfide) groups is 2. The highest BCUT2D eigenvalue weighted by atomic mass is 32.2. The van der Waals surface area contributed by atoms with Gasteiger partial charge in [0.05, 0.1) is 0 Å². The highest BCUT2D eigenvalue weighted by Gasteiger charge is 2.42. The normalized spacial score (nSPS) is 27.9. The van der Waals surface area contributed by atoms with E-state index in [-0.39, 0.29) is 0 Å². The van der Waals surface area contributed by atoms with E-state index in [9.17, 15) is 4.79 Å². The van der Waals surface area contributed by atoms with Gasteiger partial charge in [0.25, 0.3) is 0 Å². The Labute approximate surface area is 136 Å². The molecule has 3 rings (SSSR count). The molecule has 1 aromatic rings. The zero-order valence-electron chi connectivity index (χ0n) is 12.5. The van der Waals surface area contributed by atoms with E-state index in [1.165, 1.54) is 30.6 Å². The molecule has 0 aromatic heterocycles. The number of fused-ring (bicyclic) bond motifs is 2. The Morgan fingerprint density at radius 1 is 1.19 bits per heavy atom. The summed E-state index contributed by atoms with van der Waals surface area (Å²) in [6.45, 7) is 0. The van der Waals surface area contributed by atoms with Crippen LogP contribution in [0.25, 0.3) is 0 Å². The molecular formula is C17H23NOS2. The Bertz CT molecular complexity index is 465. The van der Waals surface area contributed by atoms with E-state index in [1.807, 2.05) is 17.8 Å². The van der Waals surface area contributed by atoms with Crippen LogP contribution in [-0.2, 0) is 4.79 Å². The van der Waals surface area contributed by atoms with Crippen molar-refractivity contribution in [3.05, 3.63) is 30.3 Å². The van der Waals surface area contributed by atoms with Crippen molar-refractivity contribution in [1.82, 2.24) is 4.90 Å². The van der Waals surface area contributed by atoms with Crippen LogP contribution in [0.3, 0.4) is 0 Å². The number of nitrogens with zero attached hydrogens (tertiary/aromatic N) is 1. The highest BCUT2D eigenvalue weighted by Crippen LogP contribution is 2.40. The number of carbonyl (C=O) groups is 1. The van der Waals surface area contributed by atoms with Crippen molar-refractivity contribution in [2.24, 2.45) is 0 Å². The summed E-state index contributed by atoms with van der Waals surface area (Å²) < 4.78 is 0. The van der Waals surface area contributed by atoms with Crippen LogP contribution >= 0.6 is 23.5 Å². The second kappa shape index (κ2) is 7.10. The molecule has 0 spiro atoms. The van der Waals surface area contributed by atoms with E-state index >= 15 is 0 Å². The van der Waals surface area contributed by atoms with Crippen molar-refractivity contribution < 1.29 is 4.79 Å². The van der Waals surface area contributed by atoms with Gasteiger partial charge in [-0.2, -0.15) is 11.8 Å². The van der Waals surface area contributed by atoms with Crippen molar-refractivity contribution in [2.45, 2.75) is 54.3 Å². The van der Waals surface area contributed by atoms with Crippen LogP contribution in [0, 0.1) is 0 Å². The summed E-state index contributed by atoms with van der Waals surface area (Å²) in [7, 11) is 0. The van der Waals surface area contributed by atoms with Crippen molar-refractivity contribution in [2.75, 3.05) is 12.0 Å². The summed E-state index contributed by atoms with van der Waals surface area (Å²) in [4.78, 5) is 16.0. The fourth-order valence-electron chi connectivity index (χ4n) is 3.63. The first-order valence-electron chi connectivity index (χ1n) is 7.79. The van der Waals surface area contributed by atoms with Gasteiger partial charge in [-0.3, -0.25) is 4.79 Å². The van der Waals surface area contributed by atoms with Gasteiger partial charge in [0.1, 0.15) is 0 Å². The predicted octanol–water partition coefficient (Wildman–Crippen LogP) is 4.05. The van der Waals surface area contributed by atoms with E-state index in [2.05, 4.69) is 35.4 Å². The van der Waals surface area contributed by atoms with Crippen molar-refractivity contribution in [3.63, 3.8) is 0 Å². The number of hydrogen-bond donors (Lipinski definition) is 0. The molecule has 2 fully saturated rings. The summed E-state index contributed by atoms with van der Waals surface area (Å²) in [5.74, 6) is 1.27. The molecule has 1 amide bonds. The molecule has 114 valence electrons. The number of amides is 1. The minimum absolute atomic E-state index is 0.380.